The van der Waals surface area contributed by atoms with Crippen molar-refractivity contribution in [2.45, 2.75) is 25.7 Å². The summed E-state index contributed by atoms with van der Waals surface area (Å²) in [6.07, 6.45) is 3.66. The van der Waals surface area contributed by atoms with Gasteiger partial charge in [0.15, 0.2) is 17.3 Å². The second-order valence-corrected chi connectivity index (χ2v) is 5.53. The van der Waals surface area contributed by atoms with E-state index in [0.717, 1.165) is 37.2 Å². The summed E-state index contributed by atoms with van der Waals surface area (Å²) in [5.41, 5.74) is 0.736. The molecule has 0 radical (unpaired) electrons. The number of hydrogen-bond acceptors (Lipinski definition) is 4. The maximum Gasteiger partial charge on any atom is 0.163 e. The van der Waals surface area contributed by atoms with Gasteiger partial charge in [0.2, 0.25) is 0 Å². The van der Waals surface area contributed by atoms with Gasteiger partial charge in [0.1, 0.15) is 0 Å². The Morgan fingerprint density at radius 3 is 2.90 bits per heavy atom. The molecule has 0 amide bonds. The molecular weight excluding hydrogens is 254 g/mol. The van der Waals surface area contributed by atoms with E-state index in [4.69, 9.17) is 9.47 Å². The molecule has 108 valence electrons. The van der Waals surface area contributed by atoms with E-state index in [0.29, 0.717) is 31.3 Å². The first kappa shape index (κ1) is 13.4. The minimum Gasteiger partial charge on any atom is -0.490 e. The van der Waals surface area contributed by atoms with Gasteiger partial charge in [0, 0.05) is 18.4 Å². The van der Waals surface area contributed by atoms with Gasteiger partial charge in [-0.25, -0.2) is 0 Å². The Hall–Kier alpha value is -1.55. The molecule has 1 atom stereocenters. The molecule has 1 aromatic carbocycles. The minimum atomic E-state index is 0.201. The maximum atomic E-state index is 12.3. The summed E-state index contributed by atoms with van der Waals surface area (Å²) >= 11 is 0. The van der Waals surface area contributed by atoms with Crippen LogP contribution in [0.2, 0.25) is 0 Å². The zero-order valence-electron chi connectivity index (χ0n) is 11.7. The predicted octanol–water partition coefficient (Wildman–Crippen LogP) is 2.42. The van der Waals surface area contributed by atoms with Crippen molar-refractivity contribution < 1.29 is 14.3 Å². The lowest BCUT2D eigenvalue weighted by Gasteiger charge is -2.10. The Kier molecular flexibility index (Phi) is 4.21. The van der Waals surface area contributed by atoms with Crippen molar-refractivity contribution in [3.8, 4) is 11.5 Å². The largest absolute Gasteiger partial charge is 0.490 e. The van der Waals surface area contributed by atoms with Crippen molar-refractivity contribution in [2.24, 2.45) is 5.92 Å². The molecule has 1 fully saturated rings. The molecule has 20 heavy (non-hydrogen) atoms. The summed E-state index contributed by atoms with van der Waals surface area (Å²) in [6, 6.07) is 5.53. The van der Waals surface area contributed by atoms with Gasteiger partial charge in [0.25, 0.3) is 0 Å². The quantitative estimate of drug-likeness (QED) is 0.857. The number of fused-ring (bicyclic) bond motifs is 1. The highest BCUT2D eigenvalue weighted by Crippen LogP contribution is 2.31. The number of carbonyl (C=O) groups is 1. The molecule has 1 saturated heterocycles. The third-order valence-corrected chi connectivity index (χ3v) is 4.01. The van der Waals surface area contributed by atoms with Crippen molar-refractivity contribution in [2.75, 3.05) is 26.3 Å². The molecule has 2 aliphatic heterocycles. The lowest BCUT2D eigenvalue weighted by Crippen LogP contribution is -2.10. The molecule has 4 nitrogen and oxygen atoms in total. The third kappa shape index (κ3) is 3.12. The van der Waals surface area contributed by atoms with Crippen molar-refractivity contribution >= 4 is 5.78 Å². The molecule has 2 aliphatic rings. The fourth-order valence-electron chi connectivity index (χ4n) is 2.78. The molecule has 1 aromatic rings. The zero-order chi connectivity index (χ0) is 13.8. The first-order valence-corrected chi connectivity index (χ1v) is 7.46. The van der Waals surface area contributed by atoms with Crippen molar-refractivity contribution in [1.29, 1.82) is 0 Å². The molecular formula is C16H21NO3. The van der Waals surface area contributed by atoms with E-state index in [2.05, 4.69) is 5.32 Å². The van der Waals surface area contributed by atoms with Crippen LogP contribution in [0.3, 0.4) is 0 Å². The van der Waals surface area contributed by atoms with Crippen molar-refractivity contribution in [1.82, 2.24) is 5.32 Å². The fraction of sp³-hybridized carbons (Fsp3) is 0.562. The minimum absolute atomic E-state index is 0.201. The van der Waals surface area contributed by atoms with E-state index in [1.807, 2.05) is 18.2 Å². The summed E-state index contributed by atoms with van der Waals surface area (Å²) in [4.78, 5) is 12.3. The summed E-state index contributed by atoms with van der Waals surface area (Å²) in [5, 5.41) is 3.34. The second-order valence-electron chi connectivity index (χ2n) is 5.53. The van der Waals surface area contributed by atoms with Crippen LogP contribution in [0.5, 0.6) is 11.5 Å². The van der Waals surface area contributed by atoms with Gasteiger partial charge in [-0.1, -0.05) is 0 Å². The number of ketones is 1. The Bertz CT molecular complexity index is 481. The smallest absolute Gasteiger partial charge is 0.163 e. The van der Waals surface area contributed by atoms with E-state index in [9.17, 15) is 4.79 Å². The maximum absolute atomic E-state index is 12.3. The van der Waals surface area contributed by atoms with Crippen molar-refractivity contribution in [3.05, 3.63) is 23.8 Å². The van der Waals surface area contributed by atoms with Gasteiger partial charge in [-0.2, -0.15) is 0 Å². The number of benzene rings is 1. The molecule has 2 heterocycles. The Morgan fingerprint density at radius 1 is 1.25 bits per heavy atom. The van der Waals surface area contributed by atoms with Crippen LogP contribution in [-0.4, -0.2) is 32.1 Å². The highest BCUT2D eigenvalue weighted by molar-refractivity contribution is 5.96. The van der Waals surface area contributed by atoms with E-state index in [1.165, 1.54) is 6.42 Å². The van der Waals surface area contributed by atoms with Gasteiger partial charge >= 0.3 is 0 Å². The van der Waals surface area contributed by atoms with Crippen LogP contribution in [-0.2, 0) is 0 Å². The lowest BCUT2D eigenvalue weighted by atomic mass is 9.98. The number of hydrogen-bond donors (Lipinski definition) is 1. The average Bonchev–Trinajstić information content (AvgIpc) is 2.88. The fourth-order valence-corrected chi connectivity index (χ4v) is 2.78. The summed E-state index contributed by atoms with van der Waals surface area (Å²) in [6.45, 7) is 3.46. The highest BCUT2D eigenvalue weighted by atomic mass is 16.5. The number of carbonyl (C=O) groups excluding carboxylic acids is 1. The van der Waals surface area contributed by atoms with Crippen LogP contribution in [0.4, 0.5) is 0 Å². The summed E-state index contributed by atoms with van der Waals surface area (Å²) < 4.78 is 11.2. The number of nitrogens with one attached hydrogen (secondary N) is 1. The molecule has 0 saturated carbocycles. The molecule has 0 aromatic heterocycles. The van der Waals surface area contributed by atoms with E-state index in [1.54, 1.807) is 0 Å². The van der Waals surface area contributed by atoms with Crippen LogP contribution in [0.25, 0.3) is 0 Å². The monoisotopic (exact) mass is 275 g/mol. The highest BCUT2D eigenvalue weighted by Gasteiger charge is 2.18. The molecule has 0 bridgehead atoms. The molecule has 0 aliphatic carbocycles. The summed E-state index contributed by atoms with van der Waals surface area (Å²) in [7, 11) is 0. The first-order chi connectivity index (χ1) is 9.83. The third-order valence-electron chi connectivity index (χ3n) is 4.01. The Labute approximate surface area is 119 Å². The second kappa shape index (κ2) is 6.27. The van der Waals surface area contributed by atoms with Gasteiger partial charge < -0.3 is 14.8 Å². The van der Waals surface area contributed by atoms with Gasteiger partial charge in [-0.05, 0) is 50.0 Å². The van der Waals surface area contributed by atoms with E-state index in [-0.39, 0.29) is 5.78 Å². The standard InChI is InChI=1S/C16H21NO3/c18-14(4-2-12-6-7-17-11-12)13-3-5-15-16(10-13)20-9-1-8-19-15/h3,5,10,12,17H,1-2,4,6-9,11H2. The van der Waals surface area contributed by atoms with Gasteiger partial charge in [0.05, 0.1) is 13.2 Å². The SMILES string of the molecule is O=C(CCC1CCNC1)c1ccc2c(c1)OCCCO2. The number of rotatable bonds is 4. The zero-order valence-corrected chi connectivity index (χ0v) is 11.7. The van der Waals surface area contributed by atoms with Gasteiger partial charge in [-0.3, -0.25) is 4.79 Å². The van der Waals surface area contributed by atoms with Crippen LogP contribution in [0, 0.1) is 5.92 Å². The van der Waals surface area contributed by atoms with Crippen molar-refractivity contribution in [3.63, 3.8) is 0 Å². The lowest BCUT2D eigenvalue weighted by molar-refractivity contribution is 0.0974. The van der Waals surface area contributed by atoms with Crippen LogP contribution < -0.4 is 14.8 Å². The topological polar surface area (TPSA) is 47.6 Å². The molecule has 3 rings (SSSR count). The number of Topliss-reactive ketones (excluding diaryl/α,β-unsaturated/α-hetero) is 1. The first-order valence-electron chi connectivity index (χ1n) is 7.46. The van der Waals surface area contributed by atoms with E-state index < -0.39 is 0 Å². The van der Waals surface area contributed by atoms with Crippen LogP contribution >= 0.6 is 0 Å². The van der Waals surface area contributed by atoms with Crippen LogP contribution in [0.15, 0.2) is 18.2 Å². The number of ether oxygens (including phenoxy) is 2. The average molecular weight is 275 g/mol. The van der Waals surface area contributed by atoms with Crippen LogP contribution in [0.1, 0.15) is 36.0 Å². The molecule has 1 N–H and O–H groups in total. The van der Waals surface area contributed by atoms with Gasteiger partial charge in [-0.15, -0.1) is 0 Å². The Morgan fingerprint density at radius 2 is 2.10 bits per heavy atom. The molecule has 0 spiro atoms. The molecule has 1 unspecified atom stereocenters. The normalized spacial score (nSPS) is 21.5. The predicted molar refractivity (Wildman–Crippen MR) is 76.6 cm³/mol. The summed E-state index contributed by atoms with van der Waals surface area (Å²) in [5.74, 6) is 2.31. The van der Waals surface area contributed by atoms with E-state index >= 15 is 0 Å². The molecule has 4 heteroatoms. The Balaban J connectivity index is 1.63.